The third kappa shape index (κ3) is 6.12. The summed E-state index contributed by atoms with van der Waals surface area (Å²) in [5.41, 5.74) is -6.74. The molecule has 0 radical (unpaired) electrons. The second kappa shape index (κ2) is 10.3. The van der Waals surface area contributed by atoms with Crippen molar-refractivity contribution in [2.24, 2.45) is 5.92 Å². The van der Waals surface area contributed by atoms with Crippen molar-refractivity contribution >= 4 is 16.1 Å². The predicted molar refractivity (Wildman–Crippen MR) is 117 cm³/mol. The SMILES string of the molecule is COC(=O)c1ccc(C(c2ccc(C(F)(F)F)cc2)N2CCC(C)CC2)c(OS(=O)(=O)C(F)(F)F)c1. The maximum absolute atomic E-state index is 13.1. The molecule has 0 amide bonds. The zero-order valence-electron chi connectivity index (χ0n) is 19.2. The average molecular weight is 539 g/mol. The third-order valence-electron chi connectivity index (χ3n) is 5.95. The summed E-state index contributed by atoms with van der Waals surface area (Å²) in [6, 6.07) is 6.34. The van der Waals surface area contributed by atoms with Crippen LogP contribution >= 0.6 is 0 Å². The minimum atomic E-state index is -6.12. The van der Waals surface area contributed by atoms with Crippen LogP contribution in [0.5, 0.6) is 5.75 Å². The fraction of sp³-hybridized carbons (Fsp3) is 0.435. The first kappa shape index (κ1) is 27.8. The van der Waals surface area contributed by atoms with Gasteiger partial charge in [-0.25, -0.2) is 4.79 Å². The highest BCUT2D eigenvalue weighted by molar-refractivity contribution is 7.88. The third-order valence-corrected chi connectivity index (χ3v) is 6.92. The van der Waals surface area contributed by atoms with E-state index in [1.807, 2.05) is 11.8 Å². The molecular weight excluding hydrogens is 516 g/mol. The molecule has 1 fully saturated rings. The van der Waals surface area contributed by atoms with Gasteiger partial charge in [0.05, 0.1) is 24.3 Å². The molecule has 1 aliphatic heterocycles. The van der Waals surface area contributed by atoms with Gasteiger partial charge < -0.3 is 8.92 Å². The molecule has 2 aromatic rings. The number of alkyl halides is 6. The van der Waals surface area contributed by atoms with E-state index in [0.717, 1.165) is 25.3 Å². The number of benzene rings is 2. The predicted octanol–water partition coefficient (Wildman–Crippen LogP) is 5.54. The highest BCUT2D eigenvalue weighted by atomic mass is 32.2. The molecule has 198 valence electrons. The number of carbonyl (C=O) groups is 1. The van der Waals surface area contributed by atoms with Crippen LogP contribution in [0.2, 0.25) is 0 Å². The second-order valence-corrected chi connectivity index (χ2v) is 10.0. The summed E-state index contributed by atoms with van der Waals surface area (Å²) < 4.78 is 111. The Kier molecular flexibility index (Phi) is 7.94. The molecule has 13 heteroatoms. The van der Waals surface area contributed by atoms with E-state index in [9.17, 15) is 39.6 Å². The van der Waals surface area contributed by atoms with Gasteiger partial charge in [0.15, 0.2) is 0 Å². The average Bonchev–Trinajstić information content (AvgIpc) is 2.79. The quantitative estimate of drug-likeness (QED) is 0.208. The zero-order valence-corrected chi connectivity index (χ0v) is 20.0. The molecule has 0 aromatic heterocycles. The largest absolute Gasteiger partial charge is 0.534 e. The smallest absolute Gasteiger partial charge is 0.465 e. The molecule has 36 heavy (non-hydrogen) atoms. The first-order valence-corrected chi connectivity index (χ1v) is 12.2. The minimum Gasteiger partial charge on any atom is -0.465 e. The van der Waals surface area contributed by atoms with Crippen molar-refractivity contribution in [3.05, 3.63) is 64.7 Å². The fourth-order valence-electron chi connectivity index (χ4n) is 3.97. The lowest BCUT2D eigenvalue weighted by Crippen LogP contribution is -2.37. The molecule has 1 saturated heterocycles. The van der Waals surface area contributed by atoms with Gasteiger partial charge in [-0.1, -0.05) is 25.1 Å². The van der Waals surface area contributed by atoms with Gasteiger partial charge in [0.25, 0.3) is 0 Å². The summed E-state index contributed by atoms with van der Waals surface area (Å²) >= 11 is 0. The molecule has 0 spiro atoms. The molecule has 1 unspecified atom stereocenters. The van der Waals surface area contributed by atoms with Crippen LogP contribution < -0.4 is 4.18 Å². The monoisotopic (exact) mass is 539 g/mol. The number of ether oxygens (including phenoxy) is 1. The molecule has 6 nitrogen and oxygen atoms in total. The fourth-order valence-corrected chi connectivity index (χ4v) is 4.45. The van der Waals surface area contributed by atoms with Crippen LogP contribution in [0.4, 0.5) is 26.3 Å². The molecule has 2 aromatic carbocycles. The highest BCUT2D eigenvalue weighted by Gasteiger charge is 2.49. The molecule has 3 rings (SSSR count). The number of hydrogen-bond acceptors (Lipinski definition) is 6. The zero-order chi connectivity index (χ0) is 26.9. The molecular formula is C23H23F6NO5S. The van der Waals surface area contributed by atoms with Crippen molar-refractivity contribution in [2.75, 3.05) is 20.2 Å². The number of hydrogen-bond donors (Lipinski definition) is 0. The summed E-state index contributed by atoms with van der Waals surface area (Å²) in [5.74, 6) is -1.38. The van der Waals surface area contributed by atoms with Crippen LogP contribution in [0.25, 0.3) is 0 Å². The normalized spacial score (nSPS) is 17.0. The van der Waals surface area contributed by atoms with Gasteiger partial charge >= 0.3 is 27.8 Å². The van der Waals surface area contributed by atoms with Gasteiger partial charge in [0.2, 0.25) is 0 Å². The second-order valence-electron chi connectivity index (χ2n) is 8.47. The Balaban J connectivity index is 2.18. The standard InChI is InChI=1S/C23H23F6NO5S/c1-14-9-11-30(12-10-14)20(15-3-6-17(7-4-15)22(24,25)26)18-8-5-16(21(31)34-2)13-19(18)35-36(32,33)23(27,28)29/h3-8,13-14,20H,9-12H2,1-2H3. The van der Waals surface area contributed by atoms with Crippen LogP contribution in [-0.4, -0.2) is 45.0 Å². The van der Waals surface area contributed by atoms with Crippen LogP contribution in [-0.2, 0) is 21.0 Å². The lowest BCUT2D eigenvalue weighted by Gasteiger charge is -2.38. The molecule has 0 N–H and O–H groups in total. The Morgan fingerprint density at radius 2 is 1.58 bits per heavy atom. The van der Waals surface area contributed by atoms with Gasteiger partial charge in [-0.05, 0) is 61.7 Å². The van der Waals surface area contributed by atoms with Crippen molar-refractivity contribution in [1.82, 2.24) is 4.90 Å². The van der Waals surface area contributed by atoms with E-state index in [2.05, 4.69) is 8.92 Å². The Labute approximate surface area is 203 Å². The van der Waals surface area contributed by atoms with Crippen molar-refractivity contribution < 1.29 is 48.5 Å². The van der Waals surface area contributed by atoms with E-state index in [4.69, 9.17) is 0 Å². The van der Waals surface area contributed by atoms with E-state index in [0.29, 0.717) is 31.8 Å². The lowest BCUT2D eigenvalue weighted by atomic mass is 9.91. The topological polar surface area (TPSA) is 72.9 Å². The van der Waals surface area contributed by atoms with E-state index in [-0.39, 0.29) is 16.7 Å². The Morgan fingerprint density at radius 3 is 2.08 bits per heavy atom. The number of carbonyl (C=O) groups excluding carboxylic acids is 1. The summed E-state index contributed by atoms with van der Waals surface area (Å²) in [6.45, 7) is 2.90. The number of piperidine rings is 1. The van der Waals surface area contributed by atoms with Crippen LogP contribution in [0.3, 0.4) is 0 Å². The molecule has 0 saturated carbocycles. The van der Waals surface area contributed by atoms with E-state index in [1.54, 1.807) is 0 Å². The van der Waals surface area contributed by atoms with Crippen LogP contribution in [0, 0.1) is 5.92 Å². The van der Waals surface area contributed by atoms with E-state index < -0.39 is 45.1 Å². The van der Waals surface area contributed by atoms with Gasteiger partial charge in [-0.3, -0.25) is 4.90 Å². The van der Waals surface area contributed by atoms with Crippen molar-refractivity contribution in [1.29, 1.82) is 0 Å². The Hall–Kier alpha value is -2.80. The maximum Gasteiger partial charge on any atom is 0.534 e. The Morgan fingerprint density at radius 1 is 1.00 bits per heavy atom. The first-order chi connectivity index (χ1) is 16.6. The van der Waals surface area contributed by atoms with Crippen LogP contribution in [0.1, 0.15) is 52.9 Å². The van der Waals surface area contributed by atoms with Crippen molar-refractivity contribution in [3.63, 3.8) is 0 Å². The van der Waals surface area contributed by atoms with E-state index in [1.165, 1.54) is 24.3 Å². The maximum atomic E-state index is 13.1. The summed E-state index contributed by atoms with van der Waals surface area (Å²) in [6.07, 6.45) is -3.20. The number of nitrogens with zero attached hydrogens (tertiary/aromatic N) is 1. The first-order valence-electron chi connectivity index (χ1n) is 10.8. The van der Waals surface area contributed by atoms with Gasteiger partial charge in [-0.15, -0.1) is 0 Å². The van der Waals surface area contributed by atoms with Crippen molar-refractivity contribution in [3.8, 4) is 5.75 Å². The Bertz CT molecular complexity index is 1190. The summed E-state index contributed by atoms with van der Waals surface area (Å²) in [5, 5.41) is 0. The molecule has 0 aliphatic carbocycles. The molecule has 1 heterocycles. The van der Waals surface area contributed by atoms with Gasteiger partial charge in [0, 0.05) is 5.56 Å². The number of methoxy groups -OCH3 is 1. The lowest BCUT2D eigenvalue weighted by molar-refractivity contribution is -0.137. The number of esters is 1. The van der Waals surface area contributed by atoms with Crippen LogP contribution in [0.15, 0.2) is 42.5 Å². The molecule has 0 bridgehead atoms. The van der Waals surface area contributed by atoms with E-state index >= 15 is 0 Å². The number of rotatable bonds is 6. The summed E-state index contributed by atoms with van der Waals surface area (Å²) in [7, 11) is -5.09. The number of halogens is 6. The van der Waals surface area contributed by atoms with Gasteiger partial charge in [0.1, 0.15) is 5.75 Å². The summed E-state index contributed by atoms with van der Waals surface area (Å²) in [4.78, 5) is 13.8. The van der Waals surface area contributed by atoms with Gasteiger partial charge in [-0.2, -0.15) is 34.8 Å². The molecule has 1 atom stereocenters. The minimum absolute atomic E-state index is 0.0650. The van der Waals surface area contributed by atoms with Crippen molar-refractivity contribution in [2.45, 2.75) is 37.5 Å². The highest BCUT2D eigenvalue weighted by Crippen LogP contribution is 2.40. The molecule has 1 aliphatic rings. The number of likely N-dealkylation sites (tertiary alicyclic amines) is 1.